The lowest BCUT2D eigenvalue weighted by Gasteiger charge is -2.33. The summed E-state index contributed by atoms with van der Waals surface area (Å²) in [6.45, 7) is 2.66. The van der Waals surface area contributed by atoms with E-state index in [1.165, 1.54) is 0 Å². The molecule has 1 atom stereocenters. The number of aliphatic hydroxyl groups excluding tert-OH is 1. The molecule has 5 heteroatoms. The Hall–Kier alpha value is -0.650. The first-order valence-electron chi connectivity index (χ1n) is 6.44. The minimum atomic E-state index is -0.204. The van der Waals surface area contributed by atoms with Gasteiger partial charge in [0.2, 0.25) is 0 Å². The molecule has 0 aromatic heterocycles. The summed E-state index contributed by atoms with van der Waals surface area (Å²) >= 11 is 0. The number of carbonyl (C=O) groups excluding carboxylic acids is 1. The second-order valence-electron chi connectivity index (χ2n) is 4.62. The lowest BCUT2D eigenvalue weighted by atomic mass is 10.1. The fraction of sp³-hybridized carbons (Fsp3) is 0.917. The Balaban J connectivity index is 1.72. The smallest absolute Gasteiger partial charge is 0.251 e. The highest BCUT2D eigenvalue weighted by Gasteiger charge is 2.30. The first kappa shape index (κ1) is 12.8. The Kier molecular flexibility index (Phi) is 4.76. The van der Waals surface area contributed by atoms with Gasteiger partial charge in [0.1, 0.15) is 6.10 Å². The molecule has 0 aromatic carbocycles. The summed E-state index contributed by atoms with van der Waals surface area (Å²) in [4.78, 5) is 13.9. The molecule has 0 saturated carbocycles. The summed E-state index contributed by atoms with van der Waals surface area (Å²) in [5.74, 6) is 0.142. The van der Waals surface area contributed by atoms with Crippen molar-refractivity contribution in [3.63, 3.8) is 0 Å². The Morgan fingerprint density at radius 1 is 1.35 bits per heavy atom. The monoisotopic (exact) mass is 243 g/mol. The molecule has 1 N–H and O–H groups in total. The molecule has 1 amide bonds. The third kappa shape index (κ3) is 3.40. The number of amides is 1. The van der Waals surface area contributed by atoms with Crippen LogP contribution < -0.4 is 0 Å². The van der Waals surface area contributed by atoms with Crippen molar-refractivity contribution in [1.82, 2.24) is 4.90 Å². The lowest BCUT2D eigenvalue weighted by Crippen LogP contribution is -2.45. The highest BCUT2D eigenvalue weighted by Crippen LogP contribution is 2.19. The lowest BCUT2D eigenvalue weighted by molar-refractivity contribution is -0.143. The highest BCUT2D eigenvalue weighted by atomic mass is 16.5. The number of hydrogen-bond acceptors (Lipinski definition) is 4. The van der Waals surface area contributed by atoms with Crippen molar-refractivity contribution < 1.29 is 19.4 Å². The third-order valence-corrected chi connectivity index (χ3v) is 3.40. The molecule has 5 nitrogen and oxygen atoms in total. The van der Waals surface area contributed by atoms with Gasteiger partial charge in [-0.05, 0) is 25.7 Å². The van der Waals surface area contributed by atoms with Crippen molar-refractivity contribution in [2.75, 3.05) is 32.9 Å². The van der Waals surface area contributed by atoms with Crippen molar-refractivity contribution in [3.8, 4) is 0 Å². The van der Waals surface area contributed by atoms with E-state index in [1.807, 2.05) is 4.90 Å². The minimum Gasteiger partial charge on any atom is -0.394 e. The third-order valence-electron chi connectivity index (χ3n) is 3.40. The zero-order valence-corrected chi connectivity index (χ0v) is 10.1. The van der Waals surface area contributed by atoms with E-state index in [1.54, 1.807) is 0 Å². The number of hydrogen-bond donors (Lipinski definition) is 1. The van der Waals surface area contributed by atoms with E-state index in [2.05, 4.69) is 0 Å². The second-order valence-corrected chi connectivity index (χ2v) is 4.62. The molecule has 0 unspecified atom stereocenters. The van der Waals surface area contributed by atoms with Gasteiger partial charge in [-0.25, -0.2) is 0 Å². The summed E-state index contributed by atoms with van der Waals surface area (Å²) < 4.78 is 10.9. The fourth-order valence-corrected chi connectivity index (χ4v) is 2.44. The Morgan fingerprint density at radius 2 is 2.12 bits per heavy atom. The van der Waals surface area contributed by atoms with E-state index < -0.39 is 0 Å². The van der Waals surface area contributed by atoms with Crippen LogP contribution in [0.5, 0.6) is 0 Å². The maximum atomic E-state index is 12.0. The van der Waals surface area contributed by atoms with E-state index in [0.717, 1.165) is 38.8 Å². The van der Waals surface area contributed by atoms with E-state index in [9.17, 15) is 4.79 Å². The van der Waals surface area contributed by atoms with Crippen molar-refractivity contribution in [3.05, 3.63) is 0 Å². The van der Waals surface area contributed by atoms with Gasteiger partial charge in [-0.3, -0.25) is 4.79 Å². The van der Waals surface area contributed by atoms with E-state index in [4.69, 9.17) is 14.6 Å². The number of ether oxygens (including phenoxy) is 2. The van der Waals surface area contributed by atoms with Crippen LogP contribution in [0.25, 0.3) is 0 Å². The molecule has 2 heterocycles. The van der Waals surface area contributed by atoms with Crippen LogP contribution in [0.15, 0.2) is 0 Å². The summed E-state index contributed by atoms with van der Waals surface area (Å²) in [5.41, 5.74) is 0. The predicted octanol–water partition coefficient (Wildman–Crippen LogP) is 0.165. The molecule has 2 saturated heterocycles. The van der Waals surface area contributed by atoms with Gasteiger partial charge in [0.25, 0.3) is 5.91 Å². The number of rotatable bonds is 4. The molecule has 0 bridgehead atoms. The van der Waals surface area contributed by atoms with E-state index in [-0.39, 0.29) is 24.7 Å². The van der Waals surface area contributed by atoms with Gasteiger partial charge in [-0.15, -0.1) is 0 Å². The predicted molar refractivity (Wildman–Crippen MR) is 61.6 cm³/mol. The highest BCUT2D eigenvalue weighted by molar-refractivity contribution is 5.81. The second kappa shape index (κ2) is 6.33. The van der Waals surface area contributed by atoms with Crippen molar-refractivity contribution in [2.24, 2.45) is 0 Å². The van der Waals surface area contributed by atoms with Crippen molar-refractivity contribution in [2.45, 2.75) is 37.9 Å². The molecule has 0 aliphatic carbocycles. The zero-order valence-electron chi connectivity index (χ0n) is 10.1. The standard InChI is InChI=1S/C12H21NO4/c14-7-9-16-10-3-5-13(6-4-10)12(15)11-2-1-8-17-11/h10-11,14H,1-9H2/t11-/m1/s1. The number of carbonyl (C=O) groups is 1. The number of aliphatic hydroxyl groups is 1. The maximum Gasteiger partial charge on any atom is 0.251 e. The first-order chi connectivity index (χ1) is 8.31. The molecular formula is C12H21NO4. The van der Waals surface area contributed by atoms with Gasteiger partial charge >= 0.3 is 0 Å². The van der Waals surface area contributed by atoms with Crippen LogP contribution in [-0.4, -0.2) is 61.0 Å². The molecule has 2 aliphatic rings. The van der Waals surface area contributed by atoms with Crippen molar-refractivity contribution >= 4 is 5.91 Å². The molecule has 2 aliphatic heterocycles. The molecule has 0 spiro atoms. The average molecular weight is 243 g/mol. The first-order valence-corrected chi connectivity index (χ1v) is 6.44. The van der Waals surface area contributed by atoms with Crippen LogP contribution in [0.1, 0.15) is 25.7 Å². The summed E-state index contributed by atoms with van der Waals surface area (Å²) in [5, 5.41) is 8.67. The normalized spacial score (nSPS) is 26.4. The minimum absolute atomic E-state index is 0.0645. The molecule has 17 heavy (non-hydrogen) atoms. The maximum absolute atomic E-state index is 12.0. The number of nitrogens with zero attached hydrogens (tertiary/aromatic N) is 1. The summed E-state index contributed by atoms with van der Waals surface area (Å²) in [6, 6.07) is 0. The summed E-state index contributed by atoms with van der Waals surface area (Å²) in [7, 11) is 0. The topological polar surface area (TPSA) is 59.0 Å². The Labute approximate surface area is 102 Å². The van der Waals surface area contributed by atoms with Gasteiger partial charge in [0, 0.05) is 19.7 Å². The number of likely N-dealkylation sites (tertiary alicyclic amines) is 1. The Bertz CT molecular complexity index is 245. The SMILES string of the molecule is O=C([C@H]1CCCO1)N1CCC(OCCO)CC1. The largest absolute Gasteiger partial charge is 0.394 e. The van der Waals surface area contributed by atoms with E-state index in [0.29, 0.717) is 13.2 Å². The van der Waals surface area contributed by atoms with Crippen LogP contribution in [-0.2, 0) is 14.3 Å². The Morgan fingerprint density at radius 3 is 2.71 bits per heavy atom. The van der Waals surface area contributed by atoms with E-state index >= 15 is 0 Å². The fourth-order valence-electron chi connectivity index (χ4n) is 2.44. The summed E-state index contributed by atoms with van der Waals surface area (Å²) in [6.07, 6.45) is 3.56. The van der Waals surface area contributed by atoms with Crippen LogP contribution in [0.4, 0.5) is 0 Å². The molecular weight excluding hydrogens is 222 g/mol. The molecule has 98 valence electrons. The molecule has 2 fully saturated rings. The van der Waals surface area contributed by atoms with Gasteiger partial charge < -0.3 is 19.5 Å². The average Bonchev–Trinajstić information content (AvgIpc) is 2.90. The van der Waals surface area contributed by atoms with Crippen LogP contribution in [0.3, 0.4) is 0 Å². The van der Waals surface area contributed by atoms with Crippen LogP contribution >= 0.6 is 0 Å². The van der Waals surface area contributed by atoms with Gasteiger partial charge in [-0.1, -0.05) is 0 Å². The van der Waals surface area contributed by atoms with Gasteiger partial charge in [-0.2, -0.15) is 0 Å². The molecule has 2 rings (SSSR count). The van der Waals surface area contributed by atoms with Crippen LogP contribution in [0.2, 0.25) is 0 Å². The zero-order chi connectivity index (χ0) is 12.1. The van der Waals surface area contributed by atoms with Gasteiger partial charge in [0.15, 0.2) is 0 Å². The van der Waals surface area contributed by atoms with Crippen molar-refractivity contribution in [1.29, 1.82) is 0 Å². The quantitative estimate of drug-likeness (QED) is 0.764. The van der Waals surface area contributed by atoms with Crippen LogP contribution in [0, 0.1) is 0 Å². The molecule has 0 radical (unpaired) electrons. The molecule has 0 aromatic rings. The van der Waals surface area contributed by atoms with Gasteiger partial charge in [0.05, 0.1) is 19.3 Å². The number of piperidine rings is 1.